The smallest absolute Gasteiger partial charge is 0.306 e. The summed E-state index contributed by atoms with van der Waals surface area (Å²) in [6.45, 7) is 1.79. The zero-order valence-electron chi connectivity index (χ0n) is 12.0. The molecule has 1 aliphatic carbocycles. The van der Waals surface area contributed by atoms with E-state index < -0.39 is 5.97 Å². The molecule has 116 valence electrons. The van der Waals surface area contributed by atoms with Crippen molar-refractivity contribution in [1.82, 2.24) is 10.3 Å². The van der Waals surface area contributed by atoms with Crippen LogP contribution in [0.3, 0.4) is 0 Å². The fourth-order valence-corrected chi connectivity index (χ4v) is 3.11. The van der Waals surface area contributed by atoms with Gasteiger partial charge in [0.2, 0.25) is 11.8 Å². The first-order valence-corrected chi connectivity index (χ1v) is 7.93. The van der Waals surface area contributed by atoms with Crippen molar-refractivity contribution < 1.29 is 19.1 Å². The number of carboxylic acid groups (broad SMARTS) is 1. The third-order valence-electron chi connectivity index (χ3n) is 3.81. The van der Waals surface area contributed by atoms with E-state index >= 15 is 0 Å². The number of hydrogen-bond acceptors (Lipinski definition) is 5. The molecule has 2 aromatic rings. The summed E-state index contributed by atoms with van der Waals surface area (Å²) in [6, 6.07) is 3.79. The molecule has 0 atom stereocenters. The summed E-state index contributed by atoms with van der Waals surface area (Å²) in [4.78, 5) is 28.0. The second-order valence-corrected chi connectivity index (χ2v) is 6.39. The van der Waals surface area contributed by atoms with Crippen LogP contribution in [-0.4, -0.2) is 28.0 Å². The Hall–Kier alpha value is -2.15. The molecule has 1 aliphatic rings. The van der Waals surface area contributed by atoms with E-state index in [9.17, 15) is 9.59 Å². The van der Waals surface area contributed by atoms with Gasteiger partial charge in [-0.1, -0.05) is 6.07 Å². The van der Waals surface area contributed by atoms with E-state index in [-0.39, 0.29) is 24.3 Å². The minimum absolute atomic E-state index is 0.0439. The van der Waals surface area contributed by atoms with Crippen LogP contribution in [0.25, 0.3) is 10.8 Å². The van der Waals surface area contributed by atoms with E-state index in [1.54, 1.807) is 6.92 Å². The number of oxazole rings is 1. The Balaban J connectivity index is 1.57. The predicted molar refractivity (Wildman–Crippen MR) is 80.5 cm³/mol. The third kappa shape index (κ3) is 3.04. The lowest BCUT2D eigenvalue weighted by Gasteiger charge is -2.32. The van der Waals surface area contributed by atoms with E-state index in [2.05, 4.69) is 10.3 Å². The van der Waals surface area contributed by atoms with Crippen LogP contribution in [0.15, 0.2) is 21.9 Å². The SMILES string of the molecule is Cc1oc(-c2cccs2)nc1CC(=O)NC1CC(C(=O)O)C1. The molecular weight excluding hydrogens is 304 g/mol. The van der Waals surface area contributed by atoms with Crippen LogP contribution in [0.1, 0.15) is 24.3 Å². The van der Waals surface area contributed by atoms with Crippen molar-refractivity contribution in [3.05, 3.63) is 29.0 Å². The molecule has 0 radical (unpaired) electrons. The lowest BCUT2D eigenvalue weighted by Crippen LogP contribution is -2.47. The number of carbonyl (C=O) groups excluding carboxylic acids is 1. The average molecular weight is 320 g/mol. The van der Waals surface area contributed by atoms with Crippen molar-refractivity contribution in [2.24, 2.45) is 5.92 Å². The van der Waals surface area contributed by atoms with Gasteiger partial charge in [0.1, 0.15) is 5.76 Å². The molecular formula is C15H16N2O4S. The van der Waals surface area contributed by atoms with Crippen LogP contribution >= 0.6 is 11.3 Å². The lowest BCUT2D eigenvalue weighted by molar-refractivity contribution is -0.146. The van der Waals surface area contributed by atoms with Gasteiger partial charge in [-0.25, -0.2) is 4.98 Å². The maximum atomic E-state index is 12.0. The Morgan fingerprint density at radius 3 is 2.91 bits per heavy atom. The van der Waals surface area contributed by atoms with Gasteiger partial charge in [0.15, 0.2) is 0 Å². The van der Waals surface area contributed by atoms with Crippen LogP contribution in [-0.2, 0) is 16.0 Å². The highest BCUT2D eigenvalue weighted by Crippen LogP contribution is 2.28. The molecule has 0 spiro atoms. The minimum atomic E-state index is -0.793. The Kier molecular flexibility index (Phi) is 3.98. The fraction of sp³-hybridized carbons (Fsp3) is 0.400. The first-order chi connectivity index (χ1) is 10.5. The number of amides is 1. The maximum absolute atomic E-state index is 12.0. The minimum Gasteiger partial charge on any atom is -0.481 e. The number of nitrogens with one attached hydrogen (secondary N) is 1. The molecule has 7 heteroatoms. The Bertz CT molecular complexity index is 686. The quantitative estimate of drug-likeness (QED) is 0.881. The van der Waals surface area contributed by atoms with Gasteiger partial charge < -0.3 is 14.8 Å². The van der Waals surface area contributed by atoms with Crippen molar-refractivity contribution in [2.75, 3.05) is 0 Å². The molecule has 2 aromatic heterocycles. The van der Waals surface area contributed by atoms with E-state index in [1.807, 2.05) is 17.5 Å². The number of aromatic nitrogens is 1. The van der Waals surface area contributed by atoms with Gasteiger partial charge in [-0.3, -0.25) is 9.59 Å². The summed E-state index contributed by atoms with van der Waals surface area (Å²) in [5, 5.41) is 13.6. The lowest BCUT2D eigenvalue weighted by atomic mass is 9.80. The normalized spacial score (nSPS) is 20.4. The summed E-state index contributed by atoms with van der Waals surface area (Å²) in [7, 11) is 0. The van der Waals surface area contributed by atoms with Gasteiger partial charge in [0.05, 0.1) is 22.9 Å². The van der Waals surface area contributed by atoms with Crippen LogP contribution < -0.4 is 5.32 Å². The van der Waals surface area contributed by atoms with Crippen molar-refractivity contribution in [3.8, 4) is 10.8 Å². The maximum Gasteiger partial charge on any atom is 0.306 e. The number of aliphatic carboxylic acids is 1. The summed E-state index contributed by atoms with van der Waals surface area (Å²) in [5.74, 6) is -0.105. The number of nitrogens with zero attached hydrogens (tertiary/aromatic N) is 1. The average Bonchev–Trinajstić information content (AvgIpc) is 3.03. The number of hydrogen-bond donors (Lipinski definition) is 2. The summed E-state index contributed by atoms with van der Waals surface area (Å²) in [6.07, 6.45) is 1.15. The molecule has 2 N–H and O–H groups in total. The van der Waals surface area contributed by atoms with Gasteiger partial charge in [0, 0.05) is 6.04 Å². The third-order valence-corrected chi connectivity index (χ3v) is 4.66. The fourth-order valence-electron chi connectivity index (χ4n) is 2.47. The largest absolute Gasteiger partial charge is 0.481 e. The molecule has 2 heterocycles. The van der Waals surface area contributed by atoms with Gasteiger partial charge in [0.25, 0.3) is 0 Å². The highest BCUT2D eigenvalue weighted by atomic mass is 32.1. The van der Waals surface area contributed by atoms with Crippen molar-refractivity contribution in [3.63, 3.8) is 0 Å². The molecule has 22 heavy (non-hydrogen) atoms. The van der Waals surface area contributed by atoms with E-state index in [4.69, 9.17) is 9.52 Å². The number of aryl methyl sites for hydroxylation is 1. The molecule has 0 aromatic carbocycles. The first kappa shape index (κ1) is 14.8. The van der Waals surface area contributed by atoms with Crippen LogP contribution in [0.2, 0.25) is 0 Å². The molecule has 1 fully saturated rings. The zero-order chi connectivity index (χ0) is 15.7. The molecule has 0 bridgehead atoms. The molecule has 0 aliphatic heterocycles. The standard InChI is InChI=1S/C15H16N2O4S/c1-8-11(17-14(21-8)12-3-2-4-22-12)7-13(18)16-10-5-9(6-10)15(19)20/h2-4,9-10H,5-7H2,1H3,(H,16,18)(H,19,20). The summed E-state index contributed by atoms with van der Waals surface area (Å²) in [5.41, 5.74) is 0.620. The highest BCUT2D eigenvalue weighted by Gasteiger charge is 2.35. The molecule has 6 nitrogen and oxygen atoms in total. The zero-order valence-corrected chi connectivity index (χ0v) is 12.9. The number of carbonyl (C=O) groups is 2. The predicted octanol–water partition coefficient (Wildman–Crippen LogP) is 2.23. The molecule has 1 amide bonds. The molecule has 3 rings (SSSR count). The summed E-state index contributed by atoms with van der Waals surface area (Å²) < 4.78 is 5.60. The van der Waals surface area contributed by atoms with Gasteiger partial charge in [-0.15, -0.1) is 11.3 Å². The number of carboxylic acids is 1. The monoisotopic (exact) mass is 320 g/mol. The van der Waals surface area contributed by atoms with Crippen molar-refractivity contribution in [1.29, 1.82) is 0 Å². The molecule has 0 unspecified atom stereocenters. The van der Waals surface area contributed by atoms with Crippen molar-refractivity contribution in [2.45, 2.75) is 32.2 Å². The summed E-state index contributed by atoms with van der Waals surface area (Å²) >= 11 is 1.53. The van der Waals surface area contributed by atoms with Gasteiger partial charge >= 0.3 is 5.97 Å². The second kappa shape index (κ2) is 5.92. The van der Waals surface area contributed by atoms with E-state index in [1.165, 1.54) is 11.3 Å². The van der Waals surface area contributed by atoms with Gasteiger partial charge in [-0.05, 0) is 31.2 Å². The Morgan fingerprint density at radius 1 is 1.50 bits per heavy atom. The van der Waals surface area contributed by atoms with Crippen LogP contribution in [0.5, 0.6) is 0 Å². The van der Waals surface area contributed by atoms with Crippen LogP contribution in [0, 0.1) is 12.8 Å². The Morgan fingerprint density at radius 2 is 2.27 bits per heavy atom. The van der Waals surface area contributed by atoms with Crippen molar-refractivity contribution >= 4 is 23.2 Å². The number of rotatable bonds is 5. The topological polar surface area (TPSA) is 92.4 Å². The second-order valence-electron chi connectivity index (χ2n) is 5.45. The molecule has 1 saturated carbocycles. The van der Waals surface area contributed by atoms with E-state index in [0.717, 1.165) is 4.88 Å². The molecule has 0 saturated heterocycles. The number of thiophene rings is 1. The van der Waals surface area contributed by atoms with Gasteiger partial charge in [-0.2, -0.15) is 0 Å². The van der Waals surface area contributed by atoms with E-state index in [0.29, 0.717) is 30.2 Å². The highest BCUT2D eigenvalue weighted by molar-refractivity contribution is 7.13. The van der Waals surface area contributed by atoms with Crippen LogP contribution in [0.4, 0.5) is 0 Å². The Labute approximate surface area is 131 Å². The first-order valence-electron chi connectivity index (χ1n) is 7.05.